The van der Waals surface area contributed by atoms with E-state index in [4.69, 9.17) is 14.2 Å². The summed E-state index contributed by atoms with van der Waals surface area (Å²) in [6.45, 7) is 1.14. The molecule has 1 aromatic carbocycles. The van der Waals surface area contributed by atoms with Crippen molar-refractivity contribution in [3.05, 3.63) is 59.7 Å². The van der Waals surface area contributed by atoms with Gasteiger partial charge in [0, 0.05) is 6.54 Å². The van der Waals surface area contributed by atoms with Gasteiger partial charge in [-0.3, -0.25) is 4.79 Å². The van der Waals surface area contributed by atoms with Gasteiger partial charge >= 0.3 is 5.97 Å². The highest BCUT2D eigenvalue weighted by molar-refractivity contribution is 5.76. The Morgan fingerprint density at radius 2 is 1.96 bits per heavy atom. The number of fused-ring (bicyclic) bond motifs is 1. The van der Waals surface area contributed by atoms with Crippen molar-refractivity contribution in [3.8, 4) is 11.5 Å². The summed E-state index contributed by atoms with van der Waals surface area (Å²) in [4.78, 5) is 11.4. The predicted octanol–water partition coefficient (Wildman–Crippen LogP) is 2.75. The van der Waals surface area contributed by atoms with Crippen LogP contribution in [0, 0.1) is 0 Å². The molecule has 2 heterocycles. The van der Waals surface area contributed by atoms with Gasteiger partial charge in [-0.2, -0.15) is 0 Å². The Morgan fingerprint density at radius 3 is 2.67 bits per heavy atom. The largest absolute Gasteiger partial charge is 0.468 e. The number of ether oxygens (including phenoxy) is 3. The quantitative estimate of drug-likeness (QED) is 0.804. The maximum atomic E-state index is 11.4. The van der Waals surface area contributed by atoms with Crippen LogP contribution < -0.4 is 14.8 Å². The summed E-state index contributed by atoms with van der Waals surface area (Å²) in [5.74, 6) is 1.52. The molecule has 0 fully saturated rings. The summed E-state index contributed by atoms with van der Waals surface area (Å²) in [6.07, 6.45) is 10.0. The van der Waals surface area contributed by atoms with Crippen LogP contribution in [-0.2, 0) is 9.53 Å². The van der Waals surface area contributed by atoms with Crippen molar-refractivity contribution in [2.45, 2.75) is 18.9 Å². The fraction of sp³-hybridized carbons (Fsp3) is 0.316. The second-order valence-electron chi connectivity index (χ2n) is 5.63. The molecule has 0 spiro atoms. The van der Waals surface area contributed by atoms with E-state index >= 15 is 0 Å². The van der Waals surface area contributed by atoms with Gasteiger partial charge in [-0.1, -0.05) is 36.4 Å². The lowest BCUT2D eigenvalue weighted by Crippen LogP contribution is -2.42. The zero-order valence-electron chi connectivity index (χ0n) is 13.7. The lowest BCUT2D eigenvalue weighted by molar-refractivity contribution is -0.143. The van der Waals surface area contributed by atoms with E-state index in [1.54, 1.807) is 0 Å². The van der Waals surface area contributed by atoms with E-state index in [0.29, 0.717) is 6.79 Å². The summed E-state index contributed by atoms with van der Waals surface area (Å²) in [5, 5.41) is 3.20. The Morgan fingerprint density at radius 1 is 1.21 bits per heavy atom. The molecule has 24 heavy (non-hydrogen) atoms. The minimum Gasteiger partial charge on any atom is -0.468 e. The van der Waals surface area contributed by atoms with Crippen molar-refractivity contribution in [2.24, 2.45) is 0 Å². The molecule has 2 aliphatic heterocycles. The first-order valence-corrected chi connectivity index (χ1v) is 7.98. The second-order valence-corrected chi connectivity index (χ2v) is 5.63. The molecule has 5 nitrogen and oxygen atoms in total. The van der Waals surface area contributed by atoms with E-state index in [1.165, 1.54) is 18.3 Å². The number of hydrogen-bond acceptors (Lipinski definition) is 5. The van der Waals surface area contributed by atoms with Crippen LogP contribution in [-0.4, -0.2) is 32.5 Å². The van der Waals surface area contributed by atoms with E-state index in [9.17, 15) is 4.79 Å². The van der Waals surface area contributed by atoms with Gasteiger partial charge in [-0.25, -0.2) is 0 Å². The number of nitrogens with one attached hydrogen (secondary N) is 1. The first kappa shape index (κ1) is 16.3. The smallest absolute Gasteiger partial charge is 0.323 e. The lowest BCUT2D eigenvalue weighted by atomic mass is 9.94. The Labute approximate surface area is 141 Å². The standard InChI is InChI=1S/C12H15NO2.C7H6O2/c1-15-12(14)11-7-9-5-3-2-4-6-10(9)8-13-11;1-2-4-7-6(3-1)8-5-9-7/h2-5,11,13H,6-8H2,1H3;1-4H,5H2. The number of carbonyl (C=O) groups excluding carboxylic acids is 1. The number of methoxy groups -OCH3 is 1. The Hall–Kier alpha value is -2.53. The Bertz CT molecular complexity index is 667. The van der Waals surface area contributed by atoms with E-state index in [2.05, 4.69) is 17.5 Å². The molecule has 0 radical (unpaired) electrons. The van der Waals surface area contributed by atoms with Gasteiger partial charge in [0.15, 0.2) is 11.5 Å². The van der Waals surface area contributed by atoms with Crippen LogP contribution in [0.3, 0.4) is 0 Å². The molecule has 1 unspecified atom stereocenters. The number of carbonyl (C=O) groups is 1. The number of para-hydroxylation sites is 2. The number of hydrogen-bond donors (Lipinski definition) is 1. The third-order valence-electron chi connectivity index (χ3n) is 4.11. The third kappa shape index (κ3) is 3.86. The minimum absolute atomic E-state index is 0.174. The molecule has 1 aromatic rings. The number of benzene rings is 1. The molecule has 0 bridgehead atoms. The topological polar surface area (TPSA) is 56.8 Å². The molecule has 126 valence electrons. The molecule has 1 aliphatic carbocycles. The monoisotopic (exact) mass is 327 g/mol. The molecule has 0 amide bonds. The predicted molar refractivity (Wildman–Crippen MR) is 90.9 cm³/mol. The van der Waals surface area contributed by atoms with Crippen LogP contribution in [0.2, 0.25) is 0 Å². The van der Waals surface area contributed by atoms with E-state index in [0.717, 1.165) is 30.9 Å². The Kier molecular flexibility index (Phi) is 5.33. The van der Waals surface area contributed by atoms with Crippen LogP contribution in [0.15, 0.2) is 59.7 Å². The second kappa shape index (κ2) is 7.84. The van der Waals surface area contributed by atoms with E-state index in [1.807, 2.05) is 36.4 Å². The Balaban J connectivity index is 0.000000159. The number of esters is 1. The molecular formula is C19H21NO4. The zero-order chi connectivity index (χ0) is 16.8. The summed E-state index contributed by atoms with van der Waals surface area (Å²) in [7, 11) is 1.43. The highest BCUT2D eigenvalue weighted by Crippen LogP contribution is 2.30. The molecule has 0 saturated carbocycles. The van der Waals surface area contributed by atoms with Gasteiger partial charge in [0.2, 0.25) is 6.79 Å². The van der Waals surface area contributed by atoms with Gasteiger partial charge in [-0.05, 0) is 36.1 Å². The molecule has 0 saturated heterocycles. The molecule has 0 aromatic heterocycles. The minimum atomic E-state index is -0.184. The maximum absolute atomic E-state index is 11.4. The van der Waals surface area contributed by atoms with Crippen molar-refractivity contribution in [1.82, 2.24) is 5.32 Å². The average Bonchev–Trinajstić information content (AvgIpc) is 2.98. The fourth-order valence-corrected chi connectivity index (χ4v) is 2.80. The molecule has 1 N–H and O–H groups in total. The zero-order valence-corrected chi connectivity index (χ0v) is 13.7. The van der Waals surface area contributed by atoms with Gasteiger partial charge in [0.25, 0.3) is 0 Å². The summed E-state index contributed by atoms with van der Waals surface area (Å²) >= 11 is 0. The van der Waals surface area contributed by atoms with Gasteiger partial charge in [0.05, 0.1) is 7.11 Å². The van der Waals surface area contributed by atoms with Gasteiger partial charge < -0.3 is 19.5 Å². The number of allylic oxidation sites excluding steroid dienone is 4. The van der Waals surface area contributed by atoms with E-state index < -0.39 is 0 Å². The van der Waals surface area contributed by atoms with Gasteiger partial charge in [0.1, 0.15) is 6.04 Å². The highest BCUT2D eigenvalue weighted by Gasteiger charge is 2.25. The van der Waals surface area contributed by atoms with Crippen LogP contribution in [0.1, 0.15) is 12.8 Å². The van der Waals surface area contributed by atoms with Crippen molar-refractivity contribution >= 4 is 5.97 Å². The van der Waals surface area contributed by atoms with Crippen LogP contribution in [0.25, 0.3) is 0 Å². The summed E-state index contributed by atoms with van der Waals surface area (Å²) < 4.78 is 14.9. The van der Waals surface area contributed by atoms with Crippen molar-refractivity contribution < 1.29 is 19.0 Å². The van der Waals surface area contributed by atoms with Gasteiger partial charge in [-0.15, -0.1) is 0 Å². The summed E-state index contributed by atoms with van der Waals surface area (Å²) in [5.41, 5.74) is 2.65. The average molecular weight is 327 g/mol. The lowest BCUT2D eigenvalue weighted by Gasteiger charge is -2.24. The van der Waals surface area contributed by atoms with Crippen molar-refractivity contribution in [1.29, 1.82) is 0 Å². The highest BCUT2D eigenvalue weighted by atomic mass is 16.7. The molecule has 1 atom stereocenters. The first-order chi connectivity index (χ1) is 11.8. The molecule has 4 rings (SSSR count). The molecular weight excluding hydrogens is 306 g/mol. The first-order valence-electron chi connectivity index (χ1n) is 7.98. The van der Waals surface area contributed by atoms with E-state index in [-0.39, 0.29) is 12.0 Å². The van der Waals surface area contributed by atoms with Crippen LogP contribution in [0.5, 0.6) is 11.5 Å². The maximum Gasteiger partial charge on any atom is 0.323 e. The van der Waals surface area contributed by atoms with Crippen LogP contribution >= 0.6 is 0 Å². The third-order valence-corrected chi connectivity index (χ3v) is 4.11. The molecule has 3 aliphatic rings. The fourth-order valence-electron chi connectivity index (χ4n) is 2.80. The summed E-state index contributed by atoms with van der Waals surface area (Å²) in [6, 6.07) is 7.45. The van der Waals surface area contributed by atoms with Crippen molar-refractivity contribution in [3.63, 3.8) is 0 Å². The molecule has 5 heteroatoms. The number of rotatable bonds is 1. The van der Waals surface area contributed by atoms with Crippen LogP contribution in [0.4, 0.5) is 0 Å². The SMILES string of the molecule is COC(=O)C1CC2=C(CC=CC=C2)CN1.c1ccc2c(c1)OCO2. The normalized spacial score (nSPS) is 20.6. The van der Waals surface area contributed by atoms with Crippen molar-refractivity contribution in [2.75, 3.05) is 20.4 Å².